The van der Waals surface area contributed by atoms with Crippen molar-refractivity contribution in [2.45, 2.75) is 41.9 Å². The fraction of sp³-hybridized carbons (Fsp3) is 0.300. The number of hydrogen-bond acceptors (Lipinski definition) is 4. The van der Waals surface area contributed by atoms with E-state index in [0.29, 0.717) is 41.8 Å². The van der Waals surface area contributed by atoms with Crippen LogP contribution < -0.4 is 10.9 Å². The molecule has 2 N–H and O–H groups in total. The first kappa shape index (κ1) is 19.0. The molecule has 1 aromatic heterocycles. The minimum Gasteiger partial charge on any atom is -0.350 e. The van der Waals surface area contributed by atoms with Crippen molar-refractivity contribution in [2.24, 2.45) is 0 Å². The van der Waals surface area contributed by atoms with Crippen molar-refractivity contribution >= 4 is 32.9 Å². The van der Waals surface area contributed by atoms with Crippen molar-refractivity contribution < 1.29 is 13.2 Å². The van der Waals surface area contributed by atoms with Crippen LogP contribution in [0.2, 0.25) is 5.02 Å². The minimum absolute atomic E-state index is 0.0175. The molecule has 8 heteroatoms. The van der Waals surface area contributed by atoms with E-state index in [2.05, 4.69) is 10.3 Å². The van der Waals surface area contributed by atoms with E-state index in [1.807, 2.05) is 6.08 Å². The highest BCUT2D eigenvalue weighted by molar-refractivity contribution is 7.92. The number of rotatable bonds is 5. The van der Waals surface area contributed by atoms with E-state index >= 15 is 0 Å². The van der Waals surface area contributed by atoms with Gasteiger partial charge in [0.25, 0.3) is 5.56 Å². The van der Waals surface area contributed by atoms with Crippen LogP contribution in [0.3, 0.4) is 0 Å². The van der Waals surface area contributed by atoms with E-state index in [9.17, 15) is 18.0 Å². The molecule has 1 amide bonds. The van der Waals surface area contributed by atoms with Crippen LogP contribution in [0.15, 0.2) is 52.2 Å². The molecule has 1 aliphatic heterocycles. The summed E-state index contributed by atoms with van der Waals surface area (Å²) in [4.78, 5) is 26.6. The molecule has 2 aliphatic rings. The monoisotopic (exact) mass is 418 g/mol. The molecule has 1 aromatic carbocycles. The van der Waals surface area contributed by atoms with Gasteiger partial charge in [0.2, 0.25) is 5.91 Å². The smallest absolute Gasteiger partial charge is 0.267 e. The van der Waals surface area contributed by atoms with Crippen molar-refractivity contribution in [3.63, 3.8) is 0 Å². The molecule has 1 saturated heterocycles. The van der Waals surface area contributed by atoms with Gasteiger partial charge in [-0.25, -0.2) is 8.42 Å². The zero-order valence-electron chi connectivity index (χ0n) is 14.9. The topological polar surface area (TPSA) is 96.1 Å². The van der Waals surface area contributed by atoms with Crippen LogP contribution in [0, 0.1) is 0 Å². The fourth-order valence-corrected chi connectivity index (χ4v) is 5.08. The first-order valence-corrected chi connectivity index (χ1v) is 11.0. The molecule has 2 fully saturated rings. The lowest BCUT2D eigenvalue weighted by Gasteiger charge is -2.13. The predicted molar refractivity (Wildman–Crippen MR) is 107 cm³/mol. The largest absolute Gasteiger partial charge is 0.350 e. The number of H-pyrrole nitrogens is 1. The zero-order chi connectivity index (χ0) is 19.9. The van der Waals surface area contributed by atoms with Crippen LogP contribution in [0.1, 0.15) is 36.9 Å². The second-order valence-corrected chi connectivity index (χ2v) is 9.75. The van der Waals surface area contributed by atoms with E-state index in [4.69, 9.17) is 11.6 Å². The third-order valence-corrected chi connectivity index (χ3v) is 7.58. The van der Waals surface area contributed by atoms with Gasteiger partial charge in [-0.15, -0.1) is 0 Å². The molecule has 0 unspecified atom stereocenters. The molecule has 0 radical (unpaired) electrons. The Labute approximate surface area is 167 Å². The maximum atomic E-state index is 12.4. The van der Waals surface area contributed by atoms with Gasteiger partial charge in [0.05, 0.1) is 10.1 Å². The third kappa shape index (κ3) is 3.77. The molecule has 1 saturated carbocycles. The number of hydrogen-bond donors (Lipinski definition) is 2. The lowest BCUT2D eigenvalue weighted by atomic mass is 9.99. The quantitative estimate of drug-likeness (QED) is 0.780. The summed E-state index contributed by atoms with van der Waals surface area (Å²) in [6, 6.07) is 9.70. The normalized spacial score (nSPS) is 20.2. The molecule has 6 nitrogen and oxygen atoms in total. The van der Waals surface area contributed by atoms with E-state index in [1.165, 1.54) is 6.07 Å². The second-order valence-electron chi connectivity index (χ2n) is 7.11. The van der Waals surface area contributed by atoms with Crippen LogP contribution in [0.25, 0.3) is 5.57 Å². The Morgan fingerprint density at radius 3 is 2.32 bits per heavy atom. The highest BCUT2D eigenvalue weighted by Crippen LogP contribution is 2.34. The number of halogens is 1. The maximum absolute atomic E-state index is 12.4. The lowest BCUT2D eigenvalue weighted by molar-refractivity contribution is -0.119. The Morgan fingerprint density at radius 1 is 1.04 bits per heavy atom. The Hall–Kier alpha value is -2.38. The van der Waals surface area contributed by atoms with E-state index in [0.717, 1.165) is 5.56 Å². The molecule has 0 bridgehead atoms. The van der Waals surface area contributed by atoms with Crippen molar-refractivity contribution in [3.05, 3.63) is 69.1 Å². The van der Waals surface area contributed by atoms with Crippen molar-refractivity contribution in [3.8, 4) is 0 Å². The van der Waals surface area contributed by atoms with Crippen LogP contribution in [0.4, 0.5) is 0 Å². The minimum atomic E-state index is -3.27. The molecule has 1 atom stereocenters. The number of benzene rings is 1. The number of nitrogens with one attached hydrogen (secondary N) is 2. The standard InChI is InChI=1S/C20H19ClN2O4S/c21-17-8-9-18(23-20(17)25)16(11-13-3-10-19(24)22-13)12-1-4-14(5-2-12)28(26,27)15-6-7-15/h1-2,4-5,8-9,11,13,15H,3,6-7,10H2,(H,22,24)(H,23,25)/b16-11+/t13-/m1/s1. The van der Waals surface area contributed by atoms with Crippen LogP contribution in [-0.2, 0) is 14.6 Å². The third-order valence-electron chi connectivity index (χ3n) is 5.01. The van der Waals surface area contributed by atoms with Crippen molar-refractivity contribution in [2.75, 3.05) is 0 Å². The number of amides is 1. The molecule has 1 aliphatic carbocycles. The number of carbonyl (C=O) groups is 1. The molecule has 2 aromatic rings. The van der Waals surface area contributed by atoms with Gasteiger partial charge >= 0.3 is 0 Å². The summed E-state index contributed by atoms with van der Waals surface area (Å²) in [5.41, 5.74) is 1.59. The molecule has 0 spiro atoms. The summed E-state index contributed by atoms with van der Waals surface area (Å²) < 4.78 is 24.8. The molecule has 146 valence electrons. The molecule has 2 heterocycles. The van der Waals surface area contributed by atoms with E-state index < -0.39 is 15.4 Å². The second kappa shape index (κ2) is 7.22. The average Bonchev–Trinajstić information content (AvgIpc) is 3.46. The number of aromatic amines is 1. The Morgan fingerprint density at radius 2 is 1.75 bits per heavy atom. The summed E-state index contributed by atoms with van der Waals surface area (Å²) >= 11 is 5.84. The molecular formula is C20H19ClN2O4S. The number of sulfone groups is 1. The number of carbonyl (C=O) groups excluding carboxylic acids is 1. The van der Waals surface area contributed by atoms with Crippen LogP contribution in [0.5, 0.6) is 0 Å². The zero-order valence-corrected chi connectivity index (χ0v) is 16.5. The van der Waals surface area contributed by atoms with Gasteiger partial charge < -0.3 is 10.3 Å². The van der Waals surface area contributed by atoms with E-state index in [1.54, 1.807) is 30.3 Å². The predicted octanol–water partition coefficient (Wildman–Crippen LogP) is 2.67. The Bertz CT molecular complexity index is 1120. The van der Waals surface area contributed by atoms with Gasteiger partial charge in [-0.2, -0.15) is 0 Å². The first-order chi connectivity index (χ1) is 13.3. The highest BCUT2D eigenvalue weighted by atomic mass is 35.5. The Kier molecular flexibility index (Phi) is 4.89. The number of aromatic nitrogens is 1. The van der Waals surface area contributed by atoms with Gasteiger partial charge in [0.15, 0.2) is 9.84 Å². The summed E-state index contributed by atoms with van der Waals surface area (Å²) in [5.74, 6) is -0.0175. The van der Waals surface area contributed by atoms with Gasteiger partial charge in [-0.3, -0.25) is 9.59 Å². The average molecular weight is 419 g/mol. The lowest BCUT2D eigenvalue weighted by Crippen LogP contribution is -2.23. The summed E-state index contributed by atoms with van der Waals surface area (Å²) in [6.07, 6.45) is 4.41. The molecule has 28 heavy (non-hydrogen) atoms. The molecule has 4 rings (SSSR count). The first-order valence-electron chi connectivity index (χ1n) is 9.09. The van der Waals surface area contributed by atoms with Crippen LogP contribution in [-0.4, -0.2) is 30.6 Å². The molecular weight excluding hydrogens is 400 g/mol. The van der Waals surface area contributed by atoms with E-state index in [-0.39, 0.29) is 22.2 Å². The summed E-state index contributed by atoms with van der Waals surface area (Å²) in [7, 11) is -3.27. The summed E-state index contributed by atoms with van der Waals surface area (Å²) in [6.45, 7) is 0. The van der Waals surface area contributed by atoms with Gasteiger partial charge in [-0.05, 0) is 49.1 Å². The van der Waals surface area contributed by atoms with Gasteiger partial charge in [-0.1, -0.05) is 29.8 Å². The summed E-state index contributed by atoms with van der Waals surface area (Å²) in [5, 5.41) is 2.70. The Balaban J connectivity index is 1.74. The number of pyridine rings is 1. The van der Waals surface area contributed by atoms with Crippen molar-refractivity contribution in [1.29, 1.82) is 0 Å². The van der Waals surface area contributed by atoms with Gasteiger partial charge in [0.1, 0.15) is 5.02 Å². The van der Waals surface area contributed by atoms with Crippen molar-refractivity contribution in [1.82, 2.24) is 10.3 Å². The maximum Gasteiger partial charge on any atom is 0.267 e. The SMILES string of the molecule is O=C1CC[C@H](/C=C(\c2ccc(S(=O)(=O)C3CC3)cc2)c2ccc(Cl)c(=O)[nH]2)N1. The highest BCUT2D eigenvalue weighted by Gasteiger charge is 2.36. The van der Waals surface area contributed by atoms with Gasteiger partial charge in [0, 0.05) is 23.7 Å². The fourth-order valence-electron chi connectivity index (χ4n) is 3.31. The van der Waals surface area contributed by atoms with Crippen LogP contribution >= 0.6 is 11.6 Å².